The van der Waals surface area contributed by atoms with Gasteiger partial charge >= 0.3 is 5.97 Å². The summed E-state index contributed by atoms with van der Waals surface area (Å²) in [6, 6.07) is 1.22. The van der Waals surface area contributed by atoms with Crippen LogP contribution in [0.3, 0.4) is 0 Å². The molecule has 0 saturated carbocycles. The minimum absolute atomic E-state index is 0.246. The second kappa shape index (κ2) is 6.51. The number of hydrogen-bond acceptors (Lipinski definition) is 3. The third kappa shape index (κ3) is 3.92. The maximum Gasteiger partial charge on any atom is 0.337 e. The van der Waals surface area contributed by atoms with Crippen LogP contribution in [0.5, 0.6) is 0 Å². The fourth-order valence-electron chi connectivity index (χ4n) is 1.41. The standard InChI is InChI=1S/C12H13F2NO3S/c1-6(5-19-2)11(16)15-10-4-9(14)8(13)3-7(10)12(17)18/h3-4,6H,5H2,1-2H3,(H,15,16)(H,17,18). The average Bonchev–Trinajstić information content (AvgIpc) is 2.33. The van der Waals surface area contributed by atoms with Gasteiger partial charge in [-0.05, 0) is 12.3 Å². The lowest BCUT2D eigenvalue weighted by Gasteiger charge is -2.13. The average molecular weight is 289 g/mol. The summed E-state index contributed by atoms with van der Waals surface area (Å²) in [7, 11) is 0. The maximum atomic E-state index is 13.1. The van der Waals surface area contributed by atoms with E-state index in [2.05, 4.69) is 5.32 Å². The number of carboxylic acids is 1. The molecule has 104 valence electrons. The molecule has 1 aromatic carbocycles. The Labute approximate surface area is 113 Å². The third-order valence-electron chi connectivity index (χ3n) is 2.41. The Morgan fingerprint density at radius 2 is 1.95 bits per heavy atom. The van der Waals surface area contributed by atoms with Gasteiger partial charge in [-0.25, -0.2) is 13.6 Å². The van der Waals surface area contributed by atoms with Gasteiger partial charge in [0.1, 0.15) is 0 Å². The quantitative estimate of drug-likeness (QED) is 0.874. The second-order valence-electron chi connectivity index (χ2n) is 3.96. The number of amides is 1. The zero-order chi connectivity index (χ0) is 14.6. The molecular formula is C12H13F2NO3S. The van der Waals surface area contributed by atoms with E-state index in [0.717, 1.165) is 0 Å². The molecular weight excluding hydrogens is 276 g/mol. The third-order valence-corrected chi connectivity index (χ3v) is 3.25. The monoisotopic (exact) mass is 289 g/mol. The zero-order valence-electron chi connectivity index (χ0n) is 10.4. The molecule has 0 spiro atoms. The molecule has 0 heterocycles. The highest BCUT2D eigenvalue weighted by Crippen LogP contribution is 2.21. The summed E-state index contributed by atoms with van der Waals surface area (Å²) < 4.78 is 26.1. The number of carboxylic acid groups (broad SMARTS) is 1. The number of nitrogens with one attached hydrogen (secondary N) is 1. The van der Waals surface area contributed by atoms with Crippen molar-refractivity contribution in [3.05, 3.63) is 29.3 Å². The van der Waals surface area contributed by atoms with Gasteiger partial charge in [-0.1, -0.05) is 6.92 Å². The van der Waals surface area contributed by atoms with Gasteiger partial charge in [-0.2, -0.15) is 11.8 Å². The predicted octanol–water partition coefficient (Wildman–Crippen LogP) is 2.60. The lowest BCUT2D eigenvalue weighted by Crippen LogP contribution is -2.23. The number of rotatable bonds is 5. The number of benzene rings is 1. The molecule has 0 aromatic heterocycles. The van der Waals surface area contributed by atoms with Crippen molar-refractivity contribution in [1.29, 1.82) is 0 Å². The fourth-order valence-corrected chi connectivity index (χ4v) is 2.06. The van der Waals surface area contributed by atoms with Gasteiger partial charge in [-0.15, -0.1) is 0 Å². The molecule has 2 N–H and O–H groups in total. The molecule has 1 unspecified atom stereocenters. The Kier molecular flexibility index (Phi) is 5.29. The molecule has 0 radical (unpaired) electrons. The molecule has 1 rings (SSSR count). The molecule has 0 fully saturated rings. The van der Waals surface area contributed by atoms with Gasteiger partial charge in [-0.3, -0.25) is 4.79 Å². The molecule has 0 saturated heterocycles. The smallest absolute Gasteiger partial charge is 0.337 e. The van der Waals surface area contributed by atoms with E-state index in [1.807, 2.05) is 6.26 Å². The highest BCUT2D eigenvalue weighted by Gasteiger charge is 2.19. The van der Waals surface area contributed by atoms with Crippen LogP contribution in [0, 0.1) is 17.6 Å². The van der Waals surface area contributed by atoms with Crippen molar-refractivity contribution in [3.63, 3.8) is 0 Å². The number of carbonyl (C=O) groups is 2. The molecule has 4 nitrogen and oxygen atoms in total. The van der Waals surface area contributed by atoms with Crippen LogP contribution in [0.25, 0.3) is 0 Å². The summed E-state index contributed by atoms with van der Waals surface area (Å²) in [4.78, 5) is 22.7. The highest BCUT2D eigenvalue weighted by atomic mass is 32.2. The Balaban J connectivity index is 3.03. The first-order valence-electron chi connectivity index (χ1n) is 5.39. The summed E-state index contributed by atoms with van der Waals surface area (Å²) in [5.41, 5.74) is -0.729. The van der Waals surface area contributed by atoms with E-state index >= 15 is 0 Å². The van der Waals surface area contributed by atoms with Gasteiger partial charge in [0.25, 0.3) is 0 Å². The summed E-state index contributed by atoms with van der Waals surface area (Å²) >= 11 is 1.45. The van der Waals surface area contributed by atoms with Gasteiger partial charge < -0.3 is 10.4 Å². The molecule has 1 atom stereocenters. The van der Waals surface area contributed by atoms with Gasteiger partial charge in [0.05, 0.1) is 11.3 Å². The van der Waals surface area contributed by atoms with Gasteiger partial charge in [0.2, 0.25) is 5.91 Å². The summed E-state index contributed by atoms with van der Waals surface area (Å²) in [6.07, 6.45) is 1.82. The molecule has 19 heavy (non-hydrogen) atoms. The van der Waals surface area contributed by atoms with E-state index < -0.39 is 29.1 Å². The summed E-state index contributed by atoms with van der Waals surface area (Å²) in [5.74, 6) is -4.19. The van der Waals surface area contributed by atoms with Gasteiger partial charge in [0.15, 0.2) is 11.6 Å². The number of anilines is 1. The predicted molar refractivity (Wildman–Crippen MR) is 69.5 cm³/mol. The molecule has 7 heteroatoms. The second-order valence-corrected chi connectivity index (χ2v) is 4.87. The van der Waals surface area contributed by atoms with Crippen LogP contribution in [-0.4, -0.2) is 29.0 Å². The number of thioether (sulfide) groups is 1. The molecule has 1 aromatic rings. The van der Waals surface area contributed by atoms with E-state index in [9.17, 15) is 18.4 Å². The lowest BCUT2D eigenvalue weighted by atomic mass is 10.1. The molecule has 0 aliphatic rings. The topological polar surface area (TPSA) is 66.4 Å². The largest absolute Gasteiger partial charge is 0.478 e. The van der Waals surface area contributed by atoms with Crippen LogP contribution >= 0.6 is 11.8 Å². The van der Waals surface area contributed by atoms with Crippen molar-refractivity contribution in [2.45, 2.75) is 6.92 Å². The molecule has 0 aliphatic heterocycles. The first kappa shape index (κ1) is 15.4. The minimum atomic E-state index is -1.44. The SMILES string of the molecule is CSCC(C)C(=O)Nc1cc(F)c(F)cc1C(=O)O. The van der Waals surface area contributed by atoms with E-state index in [1.54, 1.807) is 6.92 Å². The van der Waals surface area contributed by atoms with Crippen LogP contribution in [0.15, 0.2) is 12.1 Å². The van der Waals surface area contributed by atoms with Crippen molar-refractivity contribution < 1.29 is 23.5 Å². The number of halogens is 2. The van der Waals surface area contributed by atoms with E-state index in [1.165, 1.54) is 11.8 Å². The normalized spacial score (nSPS) is 12.0. The van der Waals surface area contributed by atoms with Crippen molar-refractivity contribution >= 4 is 29.3 Å². The van der Waals surface area contributed by atoms with Crippen LogP contribution in [0.2, 0.25) is 0 Å². The van der Waals surface area contributed by atoms with E-state index in [0.29, 0.717) is 17.9 Å². The van der Waals surface area contributed by atoms with E-state index in [-0.39, 0.29) is 11.6 Å². The van der Waals surface area contributed by atoms with Crippen molar-refractivity contribution in [2.24, 2.45) is 5.92 Å². The molecule has 0 bridgehead atoms. The summed E-state index contributed by atoms with van der Waals surface area (Å²) in [5, 5.41) is 11.2. The van der Waals surface area contributed by atoms with Gasteiger partial charge in [0, 0.05) is 17.7 Å². The minimum Gasteiger partial charge on any atom is -0.478 e. The lowest BCUT2D eigenvalue weighted by molar-refractivity contribution is -0.118. The Bertz CT molecular complexity index is 508. The first-order valence-corrected chi connectivity index (χ1v) is 6.78. The molecule has 1 amide bonds. The van der Waals surface area contributed by atoms with Crippen molar-refractivity contribution in [1.82, 2.24) is 0 Å². The van der Waals surface area contributed by atoms with Crippen LogP contribution in [0.4, 0.5) is 14.5 Å². The highest BCUT2D eigenvalue weighted by molar-refractivity contribution is 7.98. The Hall–Kier alpha value is -1.63. The van der Waals surface area contributed by atoms with Crippen LogP contribution in [0.1, 0.15) is 17.3 Å². The van der Waals surface area contributed by atoms with E-state index in [4.69, 9.17) is 5.11 Å². The summed E-state index contributed by atoms with van der Waals surface area (Å²) in [6.45, 7) is 1.66. The first-order chi connectivity index (χ1) is 8.86. The number of aromatic carboxylic acids is 1. The van der Waals surface area contributed by atoms with Crippen molar-refractivity contribution in [3.8, 4) is 0 Å². The Morgan fingerprint density at radius 1 is 1.37 bits per heavy atom. The van der Waals surface area contributed by atoms with Crippen LogP contribution < -0.4 is 5.32 Å². The fraction of sp³-hybridized carbons (Fsp3) is 0.333. The maximum absolute atomic E-state index is 13.1. The number of hydrogen-bond donors (Lipinski definition) is 2. The molecule has 0 aliphatic carbocycles. The van der Waals surface area contributed by atoms with Crippen LogP contribution in [-0.2, 0) is 4.79 Å². The number of carbonyl (C=O) groups excluding carboxylic acids is 1. The Morgan fingerprint density at radius 3 is 2.47 bits per heavy atom. The zero-order valence-corrected chi connectivity index (χ0v) is 11.2. The van der Waals surface area contributed by atoms with Crippen molar-refractivity contribution in [2.75, 3.05) is 17.3 Å².